The van der Waals surface area contributed by atoms with Crippen LogP contribution in [0.25, 0.3) is 0 Å². The van der Waals surface area contributed by atoms with E-state index >= 15 is 0 Å². The predicted octanol–water partition coefficient (Wildman–Crippen LogP) is 2.52. The van der Waals surface area contributed by atoms with Gasteiger partial charge in [-0.2, -0.15) is 4.31 Å². The van der Waals surface area contributed by atoms with Crippen LogP contribution in [0.15, 0.2) is 17.0 Å². The number of benzene rings is 1. The molecular weight excluding hydrogens is 321 g/mol. The molecule has 0 fully saturated rings. The first-order valence-electron chi connectivity index (χ1n) is 5.90. The fourth-order valence-electron chi connectivity index (χ4n) is 1.66. The van der Waals surface area contributed by atoms with Gasteiger partial charge in [0, 0.05) is 11.6 Å². The van der Waals surface area contributed by atoms with Crippen LogP contribution in [0.2, 0.25) is 10.0 Å². The monoisotopic (exact) mass is 335 g/mol. The molecule has 20 heavy (non-hydrogen) atoms. The van der Waals surface area contributed by atoms with E-state index in [0.29, 0.717) is 18.5 Å². The molecule has 0 heterocycles. The van der Waals surface area contributed by atoms with Crippen molar-refractivity contribution in [2.75, 3.05) is 13.1 Å². The average molecular weight is 336 g/mol. The first kappa shape index (κ1) is 17.3. The van der Waals surface area contributed by atoms with Gasteiger partial charge in [-0.15, -0.1) is 6.42 Å². The topological polar surface area (TPSA) is 57.6 Å². The van der Waals surface area contributed by atoms with Gasteiger partial charge in [-0.3, -0.25) is 0 Å². The van der Waals surface area contributed by atoms with Crippen LogP contribution in [0.4, 0.5) is 0 Å². The molecule has 1 aromatic carbocycles. The van der Waals surface area contributed by atoms with Crippen LogP contribution >= 0.6 is 23.2 Å². The first-order chi connectivity index (χ1) is 9.38. The molecule has 0 saturated heterocycles. The van der Waals surface area contributed by atoms with Gasteiger partial charge in [-0.05, 0) is 24.1 Å². The lowest BCUT2D eigenvalue weighted by atomic mass is 10.2. The fraction of sp³-hybridized carbons (Fsp3) is 0.385. The molecule has 1 N–H and O–H groups in total. The number of halogens is 2. The zero-order chi connectivity index (χ0) is 15.3. The molecule has 0 bridgehead atoms. The quantitative estimate of drug-likeness (QED) is 0.812. The van der Waals surface area contributed by atoms with Crippen molar-refractivity contribution in [2.24, 2.45) is 0 Å². The van der Waals surface area contributed by atoms with E-state index in [-0.39, 0.29) is 28.1 Å². The molecule has 0 spiro atoms. The molecule has 0 aliphatic heterocycles. The Kier molecular flexibility index (Phi) is 6.31. The normalized spacial score (nSPS) is 11.6. The molecule has 110 valence electrons. The number of terminal acetylenes is 1. The number of hydrogen-bond donors (Lipinski definition) is 1. The Morgan fingerprint density at radius 2 is 2.00 bits per heavy atom. The molecule has 0 saturated carbocycles. The van der Waals surface area contributed by atoms with Crippen LogP contribution in [0.3, 0.4) is 0 Å². The molecule has 0 radical (unpaired) electrons. The summed E-state index contributed by atoms with van der Waals surface area (Å²) in [5.41, 5.74) is 0.298. The van der Waals surface area contributed by atoms with Crippen LogP contribution in [-0.2, 0) is 16.6 Å². The molecule has 1 aromatic rings. The number of sulfonamides is 1. The van der Waals surface area contributed by atoms with Gasteiger partial charge < -0.3 is 5.11 Å². The molecule has 0 aliphatic carbocycles. The second-order valence-electron chi connectivity index (χ2n) is 4.07. The highest BCUT2D eigenvalue weighted by Crippen LogP contribution is 2.30. The molecule has 0 aliphatic rings. The highest BCUT2D eigenvalue weighted by molar-refractivity contribution is 7.89. The number of nitrogens with zero attached hydrogens (tertiary/aromatic N) is 1. The van der Waals surface area contributed by atoms with Gasteiger partial charge in [0.05, 0.1) is 18.2 Å². The zero-order valence-electron chi connectivity index (χ0n) is 10.9. The van der Waals surface area contributed by atoms with Gasteiger partial charge in [-0.1, -0.05) is 36.0 Å². The third-order valence-electron chi connectivity index (χ3n) is 2.63. The van der Waals surface area contributed by atoms with E-state index in [0.717, 1.165) is 0 Å². The van der Waals surface area contributed by atoms with Crippen LogP contribution < -0.4 is 0 Å². The maximum atomic E-state index is 12.5. The molecule has 4 nitrogen and oxygen atoms in total. The van der Waals surface area contributed by atoms with E-state index in [4.69, 9.17) is 29.6 Å². The smallest absolute Gasteiger partial charge is 0.245 e. The number of hydrogen-bond acceptors (Lipinski definition) is 3. The van der Waals surface area contributed by atoms with E-state index in [9.17, 15) is 13.5 Å². The van der Waals surface area contributed by atoms with Gasteiger partial charge in [0.1, 0.15) is 4.90 Å². The summed E-state index contributed by atoms with van der Waals surface area (Å²) in [6.45, 7) is 1.73. The van der Waals surface area contributed by atoms with Crippen molar-refractivity contribution in [1.29, 1.82) is 0 Å². The highest BCUT2D eigenvalue weighted by atomic mass is 35.5. The Hall–Kier alpha value is -0.770. The number of rotatable bonds is 6. The van der Waals surface area contributed by atoms with Crippen molar-refractivity contribution in [3.05, 3.63) is 27.7 Å². The predicted molar refractivity (Wildman–Crippen MR) is 80.3 cm³/mol. The summed E-state index contributed by atoms with van der Waals surface area (Å²) in [5, 5.41) is 9.40. The second kappa shape index (κ2) is 7.30. The zero-order valence-corrected chi connectivity index (χ0v) is 13.3. The Bertz CT molecular complexity index is 623. The average Bonchev–Trinajstić information content (AvgIpc) is 2.38. The molecule has 1 rings (SSSR count). The second-order valence-corrected chi connectivity index (χ2v) is 6.80. The van der Waals surface area contributed by atoms with Crippen LogP contribution in [-0.4, -0.2) is 30.9 Å². The van der Waals surface area contributed by atoms with Crippen molar-refractivity contribution in [2.45, 2.75) is 24.8 Å². The van der Waals surface area contributed by atoms with Gasteiger partial charge in [0.2, 0.25) is 10.0 Å². The SMILES string of the molecule is C#CCN(CCC)S(=O)(=O)c1cc(CO)c(Cl)cc1Cl. The molecule has 0 amide bonds. The maximum absolute atomic E-state index is 12.5. The summed E-state index contributed by atoms with van der Waals surface area (Å²) >= 11 is 11.8. The minimum atomic E-state index is -3.82. The minimum Gasteiger partial charge on any atom is -0.392 e. The van der Waals surface area contributed by atoms with Gasteiger partial charge >= 0.3 is 0 Å². The molecular formula is C13H15Cl2NO3S. The van der Waals surface area contributed by atoms with E-state index in [1.807, 2.05) is 6.92 Å². The number of aliphatic hydroxyl groups is 1. The van der Waals surface area contributed by atoms with E-state index in [1.165, 1.54) is 16.4 Å². The number of aliphatic hydroxyl groups excluding tert-OH is 1. The van der Waals surface area contributed by atoms with Crippen LogP contribution in [0.5, 0.6) is 0 Å². The van der Waals surface area contributed by atoms with E-state index in [2.05, 4.69) is 5.92 Å². The van der Waals surface area contributed by atoms with Crippen molar-refractivity contribution in [3.8, 4) is 12.3 Å². The maximum Gasteiger partial charge on any atom is 0.245 e. The molecule has 7 heteroatoms. The van der Waals surface area contributed by atoms with Gasteiger partial charge in [0.25, 0.3) is 0 Å². The summed E-state index contributed by atoms with van der Waals surface area (Å²) in [6.07, 6.45) is 5.83. The van der Waals surface area contributed by atoms with Crippen LogP contribution in [0, 0.1) is 12.3 Å². The van der Waals surface area contributed by atoms with Gasteiger partial charge in [0.15, 0.2) is 0 Å². The highest BCUT2D eigenvalue weighted by Gasteiger charge is 2.26. The largest absolute Gasteiger partial charge is 0.392 e. The lowest BCUT2D eigenvalue weighted by molar-refractivity contribution is 0.281. The van der Waals surface area contributed by atoms with Crippen molar-refractivity contribution < 1.29 is 13.5 Å². The Morgan fingerprint density at radius 1 is 1.35 bits per heavy atom. The van der Waals surface area contributed by atoms with Crippen molar-refractivity contribution >= 4 is 33.2 Å². The first-order valence-corrected chi connectivity index (χ1v) is 8.10. The molecule has 0 atom stereocenters. The van der Waals surface area contributed by atoms with Crippen molar-refractivity contribution in [1.82, 2.24) is 4.31 Å². The van der Waals surface area contributed by atoms with E-state index < -0.39 is 10.0 Å². The Balaban J connectivity index is 3.37. The third-order valence-corrected chi connectivity index (χ3v) is 5.29. The minimum absolute atomic E-state index is 0.00493. The Morgan fingerprint density at radius 3 is 2.50 bits per heavy atom. The van der Waals surface area contributed by atoms with Crippen LogP contribution in [0.1, 0.15) is 18.9 Å². The van der Waals surface area contributed by atoms with E-state index in [1.54, 1.807) is 0 Å². The van der Waals surface area contributed by atoms with Crippen molar-refractivity contribution in [3.63, 3.8) is 0 Å². The summed E-state index contributed by atoms with van der Waals surface area (Å²) in [4.78, 5) is -0.101. The third kappa shape index (κ3) is 3.66. The standard InChI is InChI=1S/C13H15Cl2NO3S/c1-3-5-16(6-4-2)20(18,19)13-7-10(9-17)11(14)8-12(13)15/h1,7-8,17H,4-6,9H2,2H3. The molecule has 0 aromatic heterocycles. The summed E-state index contributed by atoms with van der Waals surface area (Å²) in [5.74, 6) is 2.32. The molecule has 0 unspecified atom stereocenters. The lowest BCUT2D eigenvalue weighted by Crippen LogP contribution is -2.32. The lowest BCUT2D eigenvalue weighted by Gasteiger charge is -2.20. The summed E-state index contributed by atoms with van der Waals surface area (Å²) < 4.78 is 26.2. The summed E-state index contributed by atoms with van der Waals surface area (Å²) in [7, 11) is -3.82. The summed E-state index contributed by atoms with van der Waals surface area (Å²) in [6, 6.07) is 2.58. The fourth-order valence-corrected chi connectivity index (χ4v) is 3.94. The Labute approximate surface area is 129 Å². The van der Waals surface area contributed by atoms with Gasteiger partial charge in [-0.25, -0.2) is 8.42 Å².